The number of rotatable bonds is 15. The van der Waals surface area contributed by atoms with Gasteiger partial charge in [-0.1, -0.05) is 12.8 Å². The second kappa shape index (κ2) is 16.1. The first-order valence-electron chi connectivity index (χ1n) is 12.6. The van der Waals surface area contributed by atoms with Gasteiger partial charge >= 0.3 is 0 Å². The predicted octanol–water partition coefficient (Wildman–Crippen LogP) is 5.21. The molecule has 0 heterocycles. The minimum absolute atomic E-state index is 0.114. The molecule has 2 aromatic carbocycles. The molecule has 0 radical (unpaired) electrons. The molecule has 0 saturated carbocycles. The Bertz CT molecular complexity index is 931. The molecule has 8 nitrogen and oxygen atoms in total. The van der Waals surface area contributed by atoms with Crippen LogP contribution < -0.4 is 20.3 Å². The number of hydrazone groups is 2. The summed E-state index contributed by atoms with van der Waals surface area (Å²) in [6.07, 6.45) is 4.04. The Hall–Kier alpha value is -3.68. The molecular formula is C28H38N4O4. The SMILES string of the molecule is CCOc1ccc(/C(C)=N/NC(=O)CCCCCCC(=O)N/N=C(\C)c2ccc(OCC)cc2)cc1. The van der Waals surface area contributed by atoms with Crippen LogP contribution in [0.4, 0.5) is 0 Å². The number of carbonyl (C=O) groups is 2. The highest BCUT2D eigenvalue weighted by atomic mass is 16.5. The molecule has 0 aliphatic heterocycles. The standard InChI is InChI=1S/C28H38N4O4/c1-5-35-25-17-13-23(14-18-25)21(3)29-31-27(33)11-9-7-8-10-12-28(34)32-30-22(4)24-15-19-26(20-16-24)36-6-2/h13-20H,5-12H2,1-4H3,(H,31,33)(H,32,34)/b29-21+,30-22+. The minimum Gasteiger partial charge on any atom is -0.494 e. The summed E-state index contributed by atoms with van der Waals surface area (Å²) in [5.41, 5.74) is 8.55. The Kier molecular flexibility index (Phi) is 12.8. The van der Waals surface area contributed by atoms with Gasteiger partial charge in [-0.15, -0.1) is 0 Å². The zero-order valence-corrected chi connectivity index (χ0v) is 21.8. The van der Waals surface area contributed by atoms with Crippen molar-refractivity contribution in [3.8, 4) is 11.5 Å². The van der Waals surface area contributed by atoms with Crippen LogP contribution in [0.1, 0.15) is 77.3 Å². The summed E-state index contributed by atoms with van der Waals surface area (Å²) in [4.78, 5) is 24.1. The lowest BCUT2D eigenvalue weighted by Crippen LogP contribution is -2.19. The molecule has 2 aromatic rings. The molecule has 0 fully saturated rings. The van der Waals surface area contributed by atoms with E-state index in [1.807, 2.05) is 76.2 Å². The number of hydrogen-bond donors (Lipinski definition) is 2. The van der Waals surface area contributed by atoms with Gasteiger partial charge in [0.05, 0.1) is 24.6 Å². The van der Waals surface area contributed by atoms with Gasteiger partial charge in [0.25, 0.3) is 0 Å². The van der Waals surface area contributed by atoms with Gasteiger partial charge < -0.3 is 9.47 Å². The van der Waals surface area contributed by atoms with Crippen LogP contribution in [0, 0.1) is 0 Å². The molecule has 194 valence electrons. The average molecular weight is 495 g/mol. The van der Waals surface area contributed by atoms with Gasteiger partial charge in [-0.3, -0.25) is 9.59 Å². The molecule has 0 aliphatic rings. The van der Waals surface area contributed by atoms with E-state index in [1.54, 1.807) is 0 Å². The Labute approximate surface area is 214 Å². The Morgan fingerprint density at radius 2 is 1.00 bits per heavy atom. The smallest absolute Gasteiger partial charge is 0.240 e. The molecule has 0 bridgehead atoms. The molecule has 0 spiro atoms. The van der Waals surface area contributed by atoms with Crippen molar-refractivity contribution in [1.29, 1.82) is 0 Å². The second-order valence-electron chi connectivity index (χ2n) is 8.29. The quantitative estimate of drug-likeness (QED) is 0.202. The average Bonchev–Trinajstić information content (AvgIpc) is 2.89. The van der Waals surface area contributed by atoms with E-state index in [2.05, 4.69) is 21.1 Å². The number of carbonyl (C=O) groups excluding carboxylic acids is 2. The van der Waals surface area contributed by atoms with E-state index in [-0.39, 0.29) is 11.8 Å². The Morgan fingerprint density at radius 1 is 0.639 bits per heavy atom. The van der Waals surface area contributed by atoms with Gasteiger partial charge in [0.2, 0.25) is 11.8 Å². The fourth-order valence-corrected chi connectivity index (χ4v) is 3.38. The van der Waals surface area contributed by atoms with Crippen molar-refractivity contribution in [1.82, 2.24) is 10.9 Å². The fourth-order valence-electron chi connectivity index (χ4n) is 3.38. The number of nitrogens with zero attached hydrogens (tertiary/aromatic N) is 2. The molecule has 0 atom stereocenters. The van der Waals surface area contributed by atoms with Gasteiger partial charge in [0, 0.05) is 12.8 Å². The van der Waals surface area contributed by atoms with E-state index < -0.39 is 0 Å². The highest BCUT2D eigenvalue weighted by molar-refractivity contribution is 5.99. The number of ether oxygens (including phenoxy) is 2. The third-order valence-electron chi connectivity index (χ3n) is 5.42. The van der Waals surface area contributed by atoms with Crippen molar-refractivity contribution in [3.63, 3.8) is 0 Å². The summed E-state index contributed by atoms with van der Waals surface area (Å²) in [5.74, 6) is 1.39. The second-order valence-corrected chi connectivity index (χ2v) is 8.29. The summed E-state index contributed by atoms with van der Waals surface area (Å²) in [5, 5.41) is 8.36. The number of benzene rings is 2. The van der Waals surface area contributed by atoms with Crippen LogP contribution in [-0.4, -0.2) is 36.5 Å². The third-order valence-corrected chi connectivity index (χ3v) is 5.42. The maximum atomic E-state index is 12.1. The topological polar surface area (TPSA) is 101 Å². The van der Waals surface area contributed by atoms with Crippen molar-refractivity contribution in [3.05, 3.63) is 59.7 Å². The van der Waals surface area contributed by atoms with Crippen LogP contribution in [-0.2, 0) is 9.59 Å². The first kappa shape index (κ1) is 28.6. The summed E-state index contributed by atoms with van der Waals surface area (Å²) in [6, 6.07) is 15.2. The molecule has 0 unspecified atom stereocenters. The highest BCUT2D eigenvalue weighted by Crippen LogP contribution is 2.14. The van der Waals surface area contributed by atoms with Gasteiger partial charge in [-0.2, -0.15) is 10.2 Å². The maximum absolute atomic E-state index is 12.1. The maximum Gasteiger partial charge on any atom is 0.240 e. The first-order chi connectivity index (χ1) is 17.4. The van der Waals surface area contributed by atoms with Crippen LogP contribution in [0.5, 0.6) is 11.5 Å². The molecule has 2 amide bonds. The van der Waals surface area contributed by atoms with Crippen molar-refractivity contribution in [2.75, 3.05) is 13.2 Å². The number of hydrogen-bond acceptors (Lipinski definition) is 6. The van der Waals surface area contributed by atoms with Gasteiger partial charge in [-0.05, 0) is 100 Å². The zero-order valence-electron chi connectivity index (χ0n) is 21.8. The Morgan fingerprint density at radius 3 is 1.33 bits per heavy atom. The number of amides is 2. The summed E-state index contributed by atoms with van der Waals surface area (Å²) in [6.45, 7) is 8.83. The third kappa shape index (κ3) is 10.7. The predicted molar refractivity (Wildman–Crippen MR) is 144 cm³/mol. The summed E-state index contributed by atoms with van der Waals surface area (Å²) < 4.78 is 10.9. The van der Waals surface area contributed by atoms with Crippen LogP contribution in [0.3, 0.4) is 0 Å². The van der Waals surface area contributed by atoms with Gasteiger partial charge in [-0.25, -0.2) is 10.9 Å². The molecule has 0 aliphatic carbocycles. The summed E-state index contributed by atoms with van der Waals surface area (Å²) in [7, 11) is 0. The van der Waals surface area contributed by atoms with Crippen molar-refractivity contribution in [2.24, 2.45) is 10.2 Å². The van der Waals surface area contributed by atoms with Gasteiger partial charge in [0.1, 0.15) is 11.5 Å². The van der Waals surface area contributed by atoms with E-state index in [0.717, 1.165) is 59.7 Å². The molecule has 2 rings (SSSR count). The van der Waals surface area contributed by atoms with Crippen molar-refractivity contribution in [2.45, 2.75) is 66.2 Å². The minimum atomic E-state index is -0.114. The number of nitrogens with one attached hydrogen (secondary N) is 2. The molecular weight excluding hydrogens is 456 g/mol. The molecule has 0 aromatic heterocycles. The van der Waals surface area contributed by atoms with E-state index in [1.165, 1.54) is 0 Å². The number of unbranched alkanes of at least 4 members (excludes halogenated alkanes) is 3. The zero-order chi connectivity index (χ0) is 26.2. The van der Waals surface area contributed by atoms with E-state index in [9.17, 15) is 9.59 Å². The van der Waals surface area contributed by atoms with Crippen LogP contribution in [0.15, 0.2) is 58.7 Å². The lowest BCUT2D eigenvalue weighted by atomic mass is 10.1. The fraction of sp³-hybridized carbons (Fsp3) is 0.429. The first-order valence-corrected chi connectivity index (χ1v) is 12.6. The molecule has 8 heteroatoms. The largest absolute Gasteiger partial charge is 0.494 e. The van der Waals surface area contributed by atoms with Crippen LogP contribution in [0.25, 0.3) is 0 Å². The van der Waals surface area contributed by atoms with Crippen LogP contribution in [0.2, 0.25) is 0 Å². The molecule has 0 saturated heterocycles. The van der Waals surface area contributed by atoms with Gasteiger partial charge in [0.15, 0.2) is 0 Å². The molecule has 2 N–H and O–H groups in total. The van der Waals surface area contributed by atoms with E-state index in [4.69, 9.17) is 9.47 Å². The normalized spacial score (nSPS) is 11.7. The highest BCUT2D eigenvalue weighted by Gasteiger charge is 2.05. The van der Waals surface area contributed by atoms with E-state index >= 15 is 0 Å². The monoisotopic (exact) mass is 494 g/mol. The van der Waals surface area contributed by atoms with Crippen molar-refractivity contribution < 1.29 is 19.1 Å². The lowest BCUT2D eigenvalue weighted by Gasteiger charge is -2.06. The van der Waals surface area contributed by atoms with E-state index in [0.29, 0.717) is 26.1 Å². The Balaban J connectivity index is 1.59. The van der Waals surface area contributed by atoms with Crippen LogP contribution >= 0.6 is 0 Å². The molecule has 36 heavy (non-hydrogen) atoms. The van der Waals surface area contributed by atoms with Crippen molar-refractivity contribution >= 4 is 23.2 Å². The lowest BCUT2D eigenvalue weighted by molar-refractivity contribution is -0.122. The summed E-state index contributed by atoms with van der Waals surface area (Å²) >= 11 is 0.